The highest BCUT2D eigenvalue weighted by atomic mass is 35.5. The van der Waals surface area contributed by atoms with Crippen LogP contribution in [0.15, 0.2) is 43.1 Å². The highest BCUT2D eigenvalue weighted by Gasteiger charge is 2.15. The van der Waals surface area contributed by atoms with Crippen LogP contribution in [0.2, 0.25) is 5.02 Å². The summed E-state index contributed by atoms with van der Waals surface area (Å²) in [6.07, 6.45) is 2.93. The molecule has 0 fully saturated rings. The van der Waals surface area contributed by atoms with Crippen molar-refractivity contribution in [2.45, 2.75) is 27.7 Å². The van der Waals surface area contributed by atoms with Gasteiger partial charge < -0.3 is 10.3 Å². The van der Waals surface area contributed by atoms with Crippen molar-refractivity contribution in [3.8, 4) is 11.1 Å². The first-order chi connectivity index (χ1) is 12.0. The van der Waals surface area contributed by atoms with E-state index in [0.29, 0.717) is 5.02 Å². The number of amides is 1. The Bertz CT molecular complexity index is 928. The molecule has 5 heteroatoms. The van der Waals surface area contributed by atoms with E-state index in [1.807, 2.05) is 45.9 Å². The molecule has 0 saturated heterocycles. The van der Waals surface area contributed by atoms with Crippen molar-refractivity contribution >= 4 is 34.2 Å². The van der Waals surface area contributed by atoms with Gasteiger partial charge in [-0.25, -0.2) is 4.98 Å². The number of benzene rings is 1. The Morgan fingerprint density at radius 2 is 2.00 bits per heavy atom. The maximum Gasteiger partial charge on any atom is 0.247 e. The fourth-order valence-corrected chi connectivity index (χ4v) is 2.90. The summed E-state index contributed by atoms with van der Waals surface area (Å²) in [5, 5.41) is 4.36. The molecule has 3 rings (SSSR count). The summed E-state index contributed by atoms with van der Waals surface area (Å²) in [6.45, 7) is 11.4. The molecule has 25 heavy (non-hydrogen) atoms. The van der Waals surface area contributed by atoms with Crippen LogP contribution in [0.25, 0.3) is 22.2 Å². The van der Waals surface area contributed by atoms with Crippen molar-refractivity contribution in [1.82, 2.24) is 9.97 Å². The van der Waals surface area contributed by atoms with Gasteiger partial charge in [-0.15, -0.1) is 0 Å². The van der Waals surface area contributed by atoms with E-state index in [9.17, 15) is 4.79 Å². The van der Waals surface area contributed by atoms with E-state index in [2.05, 4.69) is 21.9 Å². The fourth-order valence-electron chi connectivity index (χ4n) is 2.66. The average molecular weight is 356 g/mol. The Hall–Kier alpha value is -2.59. The summed E-state index contributed by atoms with van der Waals surface area (Å²) in [7, 11) is 0. The molecular formula is C20H22ClN3O. The van der Waals surface area contributed by atoms with E-state index < -0.39 is 0 Å². The minimum Gasteiger partial charge on any atom is -0.343 e. The van der Waals surface area contributed by atoms with Crippen molar-refractivity contribution in [3.05, 3.63) is 59.4 Å². The van der Waals surface area contributed by atoms with Crippen LogP contribution in [0, 0.1) is 13.8 Å². The van der Waals surface area contributed by atoms with E-state index in [1.54, 1.807) is 12.3 Å². The molecule has 0 aliphatic heterocycles. The number of aryl methyl sites for hydroxylation is 2. The van der Waals surface area contributed by atoms with Crippen molar-refractivity contribution in [1.29, 1.82) is 0 Å². The number of pyridine rings is 1. The number of aromatic amines is 1. The van der Waals surface area contributed by atoms with E-state index in [1.165, 1.54) is 6.08 Å². The van der Waals surface area contributed by atoms with Crippen LogP contribution in [0.3, 0.4) is 0 Å². The Balaban J connectivity index is 0.00000109. The molecule has 0 atom stereocenters. The molecule has 0 aliphatic carbocycles. The molecule has 0 aliphatic rings. The summed E-state index contributed by atoms with van der Waals surface area (Å²) in [6, 6.07) is 7.69. The number of carbonyl (C=O) groups excluding carboxylic acids is 1. The van der Waals surface area contributed by atoms with Crippen LogP contribution in [-0.4, -0.2) is 15.9 Å². The SMILES string of the molecule is C=CC(=O)Nc1cc(-c2c(C)[nH]c3nccc(Cl)c23)ccc1C.CC. The third-order valence-electron chi connectivity index (χ3n) is 3.80. The van der Waals surface area contributed by atoms with Crippen LogP contribution in [-0.2, 0) is 4.79 Å². The summed E-state index contributed by atoms with van der Waals surface area (Å²) in [5.41, 5.74) is 5.42. The number of halogens is 1. The Morgan fingerprint density at radius 1 is 1.28 bits per heavy atom. The maximum absolute atomic E-state index is 11.6. The van der Waals surface area contributed by atoms with Crippen molar-refractivity contribution in [3.63, 3.8) is 0 Å². The summed E-state index contributed by atoms with van der Waals surface area (Å²) >= 11 is 6.36. The molecule has 0 unspecified atom stereocenters. The molecule has 1 aromatic carbocycles. The molecule has 130 valence electrons. The van der Waals surface area contributed by atoms with Crippen molar-refractivity contribution in [2.75, 3.05) is 5.32 Å². The number of aromatic nitrogens is 2. The first-order valence-corrected chi connectivity index (χ1v) is 8.56. The predicted molar refractivity (Wildman–Crippen MR) is 106 cm³/mol. The van der Waals surface area contributed by atoms with E-state index in [0.717, 1.165) is 39.1 Å². The number of rotatable bonds is 3. The van der Waals surface area contributed by atoms with Crippen LogP contribution in [0.4, 0.5) is 5.69 Å². The van der Waals surface area contributed by atoms with Gasteiger partial charge in [0.1, 0.15) is 5.65 Å². The lowest BCUT2D eigenvalue weighted by atomic mass is 10.0. The number of nitrogens with zero attached hydrogens (tertiary/aromatic N) is 1. The van der Waals surface area contributed by atoms with E-state index in [-0.39, 0.29) is 5.91 Å². The van der Waals surface area contributed by atoms with Gasteiger partial charge in [-0.2, -0.15) is 0 Å². The zero-order chi connectivity index (χ0) is 18.6. The molecule has 4 nitrogen and oxygen atoms in total. The summed E-state index contributed by atoms with van der Waals surface area (Å²) in [4.78, 5) is 19.2. The zero-order valence-corrected chi connectivity index (χ0v) is 15.7. The maximum atomic E-state index is 11.6. The van der Waals surface area contributed by atoms with Gasteiger partial charge in [-0.05, 0) is 43.2 Å². The molecule has 2 N–H and O–H groups in total. The third kappa shape index (κ3) is 3.74. The topological polar surface area (TPSA) is 57.8 Å². The van der Waals surface area contributed by atoms with Gasteiger partial charge >= 0.3 is 0 Å². The number of H-pyrrole nitrogens is 1. The molecule has 0 saturated carbocycles. The lowest BCUT2D eigenvalue weighted by Gasteiger charge is -2.10. The standard InChI is InChI=1S/C18H16ClN3O.C2H6/c1-4-15(23)22-14-9-12(6-5-10(14)2)16-11(3)21-18-17(16)13(19)7-8-20-18;1-2/h4-9H,1H2,2-3H3,(H,20,21)(H,22,23);1-2H3. The monoisotopic (exact) mass is 355 g/mol. The third-order valence-corrected chi connectivity index (χ3v) is 4.12. The highest BCUT2D eigenvalue weighted by Crippen LogP contribution is 2.37. The van der Waals surface area contributed by atoms with Gasteiger partial charge in [0, 0.05) is 28.5 Å². The summed E-state index contributed by atoms with van der Waals surface area (Å²) < 4.78 is 0. The number of carbonyl (C=O) groups is 1. The normalized spacial score (nSPS) is 10.1. The van der Waals surface area contributed by atoms with E-state index >= 15 is 0 Å². The zero-order valence-electron chi connectivity index (χ0n) is 14.9. The minimum absolute atomic E-state index is 0.236. The van der Waals surface area contributed by atoms with Gasteiger partial charge in [-0.3, -0.25) is 4.79 Å². The van der Waals surface area contributed by atoms with Gasteiger partial charge in [0.25, 0.3) is 0 Å². The lowest BCUT2D eigenvalue weighted by Crippen LogP contribution is -2.08. The minimum atomic E-state index is -0.236. The predicted octanol–water partition coefficient (Wildman–Crippen LogP) is 5.65. The van der Waals surface area contributed by atoms with Crippen LogP contribution in [0.1, 0.15) is 25.1 Å². The smallest absolute Gasteiger partial charge is 0.247 e. The number of hydrogen-bond donors (Lipinski definition) is 2. The van der Waals surface area contributed by atoms with Crippen molar-refractivity contribution < 1.29 is 4.79 Å². The average Bonchev–Trinajstić information content (AvgIpc) is 2.96. The van der Waals surface area contributed by atoms with Crippen LogP contribution < -0.4 is 5.32 Å². The largest absolute Gasteiger partial charge is 0.343 e. The molecular weight excluding hydrogens is 334 g/mol. The number of anilines is 1. The number of hydrogen-bond acceptors (Lipinski definition) is 2. The molecule has 0 radical (unpaired) electrons. The Labute approximate surface area is 152 Å². The second-order valence-corrected chi connectivity index (χ2v) is 5.77. The summed E-state index contributed by atoms with van der Waals surface area (Å²) in [5.74, 6) is -0.236. The fraction of sp³-hybridized carbons (Fsp3) is 0.200. The van der Waals surface area contributed by atoms with Gasteiger partial charge in [0.05, 0.1) is 5.02 Å². The second-order valence-electron chi connectivity index (χ2n) is 5.36. The van der Waals surface area contributed by atoms with Crippen LogP contribution in [0.5, 0.6) is 0 Å². The molecule has 0 spiro atoms. The second kappa shape index (κ2) is 7.99. The van der Waals surface area contributed by atoms with Crippen LogP contribution >= 0.6 is 11.6 Å². The molecule has 2 heterocycles. The molecule has 1 amide bonds. The Kier molecular flexibility index (Phi) is 5.99. The van der Waals surface area contributed by atoms with Gasteiger partial charge in [0.15, 0.2) is 0 Å². The Morgan fingerprint density at radius 3 is 2.68 bits per heavy atom. The van der Waals surface area contributed by atoms with E-state index in [4.69, 9.17) is 11.6 Å². The first-order valence-electron chi connectivity index (χ1n) is 8.18. The molecule has 0 bridgehead atoms. The van der Waals surface area contributed by atoms with Gasteiger partial charge in [-0.1, -0.05) is 44.2 Å². The quantitative estimate of drug-likeness (QED) is 0.596. The van der Waals surface area contributed by atoms with Crippen molar-refractivity contribution in [2.24, 2.45) is 0 Å². The van der Waals surface area contributed by atoms with Gasteiger partial charge in [0.2, 0.25) is 5.91 Å². The molecule has 2 aromatic heterocycles. The number of fused-ring (bicyclic) bond motifs is 1. The highest BCUT2D eigenvalue weighted by molar-refractivity contribution is 6.36. The number of nitrogens with one attached hydrogen (secondary N) is 2. The first kappa shape index (κ1) is 18.7. The molecule has 3 aromatic rings. The lowest BCUT2D eigenvalue weighted by molar-refractivity contribution is -0.111.